The van der Waals surface area contributed by atoms with E-state index in [1.54, 1.807) is 11.1 Å². The number of fused-ring (bicyclic) bond motifs is 8. The van der Waals surface area contributed by atoms with Gasteiger partial charge in [0.05, 0.1) is 5.69 Å². The van der Waals surface area contributed by atoms with Crippen molar-refractivity contribution in [3.63, 3.8) is 0 Å². The molecule has 5 aliphatic carbocycles. The van der Waals surface area contributed by atoms with Crippen LogP contribution < -0.4 is 4.90 Å². The molecule has 6 atom stereocenters. The number of hydrogen-bond donors (Lipinski definition) is 0. The third kappa shape index (κ3) is 3.62. The lowest BCUT2D eigenvalue weighted by atomic mass is 9.26. The van der Waals surface area contributed by atoms with Crippen LogP contribution in [0.4, 0.5) is 17.1 Å². The van der Waals surface area contributed by atoms with Gasteiger partial charge in [0.2, 0.25) is 0 Å². The first-order valence-corrected chi connectivity index (χ1v) is 20.1. The average molecular weight is 670 g/mol. The Morgan fingerprint density at radius 1 is 0.600 bits per heavy atom. The first-order chi connectivity index (χ1) is 24.2. The van der Waals surface area contributed by atoms with E-state index in [-0.39, 0.29) is 16.2 Å². The van der Waals surface area contributed by atoms with Crippen molar-refractivity contribution in [2.45, 2.75) is 92.3 Å². The minimum absolute atomic E-state index is 0.0943. The second-order valence-electron chi connectivity index (χ2n) is 18.0. The van der Waals surface area contributed by atoms with Crippen LogP contribution in [0.5, 0.6) is 0 Å². The second kappa shape index (κ2) is 9.97. The maximum absolute atomic E-state index is 2.61. The minimum Gasteiger partial charge on any atom is -0.310 e. The van der Waals surface area contributed by atoms with Crippen molar-refractivity contribution in [3.8, 4) is 11.1 Å². The van der Waals surface area contributed by atoms with Crippen molar-refractivity contribution in [2.24, 2.45) is 29.1 Å². The summed E-state index contributed by atoms with van der Waals surface area (Å²) < 4.78 is 0. The quantitative estimate of drug-likeness (QED) is 0.187. The topological polar surface area (TPSA) is 3.24 Å². The van der Waals surface area contributed by atoms with E-state index in [1.807, 2.05) is 11.8 Å². The standard InChI is InChI=1S/C48H47NS/c1-45(2)23-24-46(3,4)44-37(45)18-12-19-38(44)49(33-15-9-6-10-16-33)34-21-22-36-40(28-34)50-39-20-11-17-35(31-13-7-5-8-14-31)43(39)48(36)41-26-30-25-32-27-42(48)47(32,41)29-30/h5-22,28,30,32,41-42H,23-27,29H2,1-4H3. The largest absolute Gasteiger partial charge is 0.310 e. The highest BCUT2D eigenvalue weighted by molar-refractivity contribution is 7.99. The molecule has 1 nitrogen and oxygen atoms in total. The summed E-state index contributed by atoms with van der Waals surface area (Å²) in [6, 6.07) is 44.4. The van der Waals surface area contributed by atoms with E-state index >= 15 is 0 Å². The van der Waals surface area contributed by atoms with Gasteiger partial charge in [0.1, 0.15) is 0 Å². The zero-order valence-electron chi connectivity index (χ0n) is 29.9. The molecular formula is C48H47NS. The van der Waals surface area contributed by atoms with Crippen LogP contribution in [0, 0.1) is 29.1 Å². The Balaban J connectivity index is 1.13. The van der Waals surface area contributed by atoms with Crippen molar-refractivity contribution in [3.05, 3.63) is 138 Å². The maximum Gasteiger partial charge on any atom is 0.0502 e. The molecule has 0 saturated heterocycles. The molecule has 4 fully saturated rings. The fourth-order valence-electron chi connectivity index (χ4n) is 13.1. The molecule has 11 rings (SSSR count). The van der Waals surface area contributed by atoms with E-state index < -0.39 is 0 Å². The van der Waals surface area contributed by atoms with Crippen LogP contribution in [0.3, 0.4) is 0 Å². The summed E-state index contributed by atoms with van der Waals surface area (Å²) in [4.78, 5) is 5.56. The summed E-state index contributed by atoms with van der Waals surface area (Å²) in [6.07, 6.45) is 8.23. The fraction of sp³-hybridized carbons (Fsp3) is 0.375. The van der Waals surface area contributed by atoms with Gasteiger partial charge < -0.3 is 4.90 Å². The molecule has 4 saturated carbocycles. The Labute approximate surface area is 302 Å². The van der Waals surface area contributed by atoms with Crippen LogP contribution in [0.15, 0.2) is 125 Å². The first-order valence-electron chi connectivity index (χ1n) is 19.2. The molecule has 0 N–H and O–H groups in total. The van der Waals surface area contributed by atoms with Gasteiger partial charge in [-0.3, -0.25) is 0 Å². The van der Waals surface area contributed by atoms with Crippen molar-refractivity contribution in [1.82, 2.24) is 0 Å². The van der Waals surface area contributed by atoms with Crippen LogP contribution in [0.2, 0.25) is 0 Å². The molecule has 0 aromatic heterocycles. The predicted octanol–water partition coefficient (Wildman–Crippen LogP) is 13.0. The van der Waals surface area contributed by atoms with Gasteiger partial charge >= 0.3 is 0 Å². The normalized spacial score (nSPS) is 31.1. The SMILES string of the molecule is CC1(C)CCC(C)(C)c2c(N(c3ccccc3)c3ccc4c(c3)Sc3cccc(-c5ccccc5)c3C43C4CC5CC6CC3C64C5)cccc21. The van der Waals surface area contributed by atoms with Crippen molar-refractivity contribution >= 4 is 28.8 Å². The van der Waals surface area contributed by atoms with Gasteiger partial charge in [-0.1, -0.05) is 118 Å². The molecule has 5 aromatic rings. The summed E-state index contributed by atoms with van der Waals surface area (Å²) in [7, 11) is 0. The minimum atomic E-state index is 0.0943. The third-order valence-corrected chi connectivity index (χ3v) is 16.1. The van der Waals surface area contributed by atoms with Gasteiger partial charge in [0.25, 0.3) is 0 Å². The highest BCUT2D eigenvalue weighted by atomic mass is 32.2. The third-order valence-electron chi connectivity index (χ3n) is 15.0. The van der Waals surface area contributed by atoms with E-state index in [4.69, 9.17) is 0 Å². The summed E-state index contributed by atoms with van der Waals surface area (Å²) in [5, 5.41) is 0. The lowest BCUT2D eigenvalue weighted by Crippen LogP contribution is -2.74. The monoisotopic (exact) mass is 669 g/mol. The van der Waals surface area contributed by atoms with Gasteiger partial charge in [-0.2, -0.15) is 0 Å². The predicted molar refractivity (Wildman–Crippen MR) is 208 cm³/mol. The lowest BCUT2D eigenvalue weighted by molar-refractivity contribution is -0.234. The molecule has 1 aliphatic heterocycles. The van der Waals surface area contributed by atoms with Crippen LogP contribution in [-0.2, 0) is 16.2 Å². The van der Waals surface area contributed by atoms with Crippen molar-refractivity contribution < 1.29 is 0 Å². The van der Waals surface area contributed by atoms with Gasteiger partial charge in [-0.25, -0.2) is 0 Å². The number of para-hydroxylation sites is 1. The zero-order chi connectivity index (χ0) is 33.6. The Kier molecular flexibility index (Phi) is 5.97. The molecular weight excluding hydrogens is 623 g/mol. The van der Waals surface area contributed by atoms with Gasteiger partial charge in [0.15, 0.2) is 0 Å². The van der Waals surface area contributed by atoms with Crippen LogP contribution in [0.25, 0.3) is 11.1 Å². The van der Waals surface area contributed by atoms with E-state index in [1.165, 1.54) is 87.6 Å². The molecule has 1 heterocycles. The van der Waals surface area contributed by atoms with E-state index in [2.05, 4.69) is 148 Å². The van der Waals surface area contributed by atoms with Crippen molar-refractivity contribution in [2.75, 3.05) is 4.90 Å². The molecule has 2 spiro atoms. The summed E-state index contributed by atoms with van der Waals surface area (Å²) in [5.74, 6) is 3.43. The highest BCUT2D eigenvalue weighted by Crippen LogP contribution is 2.89. The van der Waals surface area contributed by atoms with E-state index in [0.29, 0.717) is 5.41 Å². The van der Waals surface area contributed by atoms with Gasteiger partial charge in [0, 0.05) is 26.6 Å². The number of hydrogen-bond acceptors (Lipinski definition) is 2. The first kappa shape index (κ1) is 29.9. The van der Waals surface area contributed by atoms with Gasteiger partial charge in [-0.15, -0.1) is 0 Å². The molecule has 0 radical (unpaired) electrons. The van der Waals surface area contributed by atoms with E-state index in [9.17, 15) is 0 Å². The molecule has 2 heteroatoms. The van der Waals surface area contributed by atoms with Crippen LogP contribution in [-0.4, -0.2) is 0 Å². The number of nitrogens with zero attached hydrogens (tertiary/aromatic N) is 1. The smallest absolute Gasteiger partial charge is 0.0502 e. The maximum atomic E-state index is 2.61. The fourth-order valence-corrected chi connectivity index (χ4v) is 14.4. The molecule has 0 amide bonds. The number of anilines is 3. The molecule has 6 aliphatic rings. The lowest BCUT2D eigenvalue weighted by Gasteiger charge is -2.78. The molecule has 250 valence electrons. The molecule has 50 heavy (non-hydrogen) atoms. The molecule has 2 bridgehead atoms. The number of rotatable bonds is 4. The van der Waals surface area contributed by atoms with E-state index in [0.717, 1.165) is 23.7 Å². The Morgan fingerprint density at radius 3 is 2.14 bits per heavy atom. The van der Waals surface area contributed by atoms with Crippen molar-refractivity contribution in [1.29, 1.82) is 0 Å². The van der Waals surface area contributed by atoms with Crippen LogP contribution >= 0.6 is 11.8 Å². The highest BCUT2D eigenvalue weighted by Gasteiger charge is 2.84. The summed E-state index contributed by atoms with van der Waals surface area (Å²) in [5.41, 5.74) is 14.0. The molecule has 5 aromatic carbocycles. The summed E-state index contributed by atoms with van der Waals surface area (Å²) in [6.45, 7) is 9.82. The second-order valence-corrected chi connectivity index (χ2v) is 19.1. The Bertz CT molecular complexity index is 2200. The summed E-state index contributed by atoms with van der Waals surface area (Å²) >= 11 is 2.04. The van der Waals surface area contributed by atoms with Gasteiger partial charge in [-0.05, 0) is 148 Å². The number of benzene rings is 5. The average Bonchev–Trinajstić information content (AvgIpc) is 3.66. The molecule has 6 unspecified atom stereocenters. The Hall–Kier alpha value is -3.75. The van der Waals surface area contributed by atoms with Crippen LogP contribution in [0.1, 0.15) is 88.5 Å². The Morgan fingerprint density at radius 2 is 1.34 bits per heavy atom. The zero-order valence-corrected chi connectivity index (χ0v) is 30.7.